The molecule has 1 aromatic rings. The van der Waals surface area contributed by atoms with Crippen LogP contribution in [0.15, 0.2) is 41.1 Å². The molecule has 0 saturated heterocycles. The van der Waals surface area contributed by atoms with Crippen LogP contribution in [0.1, 0.15) is 27.7 Å². The van der Waals surface area contributed by atoms with Gasteiger partial charge < -0.3 is 19.7 Å². The molecule has 0 aromatic heterocycles. The van der Waals surface area contributed by atoms with Crippen molar-refractivity contribution in [1.29, 1.82) is 0 Å². The molecule has 0 fully saturated rings. The Kier molecular flexibility index (Phi) is 7.77. The molecule has 0 bridgehead atoms. The molecular formula is C18H21F2NO6. The van der Waals surface area contributed by atoms with Crippen LogP contribution in [0.25, 0.3) is 0 Å². The van der Waals surface area contributed by atoms with E-state index < -0.39 is 52.2 Å². The van der Waals surface area contributed by atoms with E-state index in [-0.39, 0.29) is 13.2 Å². The predicted octanol–water partition coefficient (Wildman–Crippen LogP) is 3.48. The Balaban J connectivity index is 3.84. The van der Waals surface area contributed by atoms with Crippen LogP contribution < -0.4 is 4.90 Å². The number of anilines is 1. The summed E-state index contributed by atoms with van der Waals surface area (Å²) in [5, 5.41) is 20.0. The van der Waals surface area contributed by atoms with Crippen LogP contribution in [0.5, 0.6) is 0 Å². The molecule has 1 rings (SSSR count). The van der Waals surface area contributed by atoms with E-state index in [0.29, 0.717) is 11.0 Å². The van der Waals surface area contributed by atoms with Crippen LogP contribution in [-0.4, -0.2) is 35.4 Å². The smallest absolute Gasteiger partial charge is 0.358 e. The summed E-state index contributed by atoms with van der Waals surface area (Å²) in [7, 11) is 0. The topological polar surface area (TPSA) is 96.3 Å². The van der Waals surface area contributed by atoms with Crippen molar-refractivity contribution in [3.05, 3.63) is 52.7 Å². The van der Waals surface area contributed by atoms with Gasteiger partial charge in [-0.3, -0.25) is 4.90 Å². The number of hydrogen-bond donors (Lipinski definition) is 2. The van der Waals surface area contributed by atoms with Gasteiger partial charge in [0.05, 0.1) is 18.9 Å². The first-order chi connectivity index (χ1) is 12.6. The minimum Gasteiger partial charge on any atom is -0.510 e. The normalized spacial score (nSPS) is 12.7. The molecule has 0 aliphatic heterocycles. The second-order valence-corrected chi connectivity index (χ2v) is 5.24. The van der Waals surface area contributed by atoms with Crippen molar-refractivity contribution in [1.82, 2.24) is 0 Å². The number of halogens is 2. The van der Waals surface area contributed by atoms with E-state index in [1.54, 1.807) is 0 Å². The summed E-state index contributed by atoms with van der Waals surface area (Å²) in [6.07, 6.45) is 0. The average molecular weight is 385 g/mol. The summed E-state index contributed by atoms with van der Waals surface area (Å²) in [4.78, 5) is 25.3. The van der Waals surface area contributed by atoms with Crippen LogP contribution >= 0.6 is 0 Å². The Morgan fingerprint density at radius 1 is 0.963 bits per heavy atom. The van der Waals surface area contributed by atoms with E-state index in [1.165, 1.54) is 13.8 Å². The van der Waals surface area contributed by atoms with Gasteiger partial charge in [-0.15, -0.1) is 0 Å². The summed E-state index contributed by atoms with van der Waals surface area (Å²) in [6, 6.07) is 2.29. The first-order valence-corrected chi connectivity index (χ1v) is 8.04. The number of carbonyl (C=O) groups is 2. The minimum absolute atomic E-state index is 0.0916. The number of aliphatic hydroxyl groups is 2. The average Bonchev–Trinajstić information content (AvgIpc) is 2.56. The Morgan fingerprint density at radius 3 is 1.78 bits per heavy atom. The Bertz CT molecular complexity index is 740. The fourth-order valence-corrected chi connectivity index (χ4v) is 2.21. The summed E-state index contributed by atoms with van der Waals surface area (Å²) >= 11 is 0. The van der Waals surface area contributed by atoms with Crippen molar-refractivity contribution < 1.29 is 38.1 Å². The van der Waals surface area contributed by atoms with Gasteiger partial charge in [0.2, 0.25) is 0 Å². The Morgan fingerprint density at radius 2 is 1.41 bits per heavy atom. The zero-order valence-electron chi connectivity index (χ0n) is 15.4. The fourth-order valence-electron chi connectivity index (χ4n) is 2.21. The molecule has 1 aromatic carbocycles. The number of aliphatic hydroxyl groups excluding tert-OH is 2. The maximum Gasteiger partial charge on any atom is 0.358 e. The van der Waals surface area contributed by atoms with Gasteiger partial charge in [-0.1, -0.05) is 0 Å². The fraction of sp³-hybridized carbons (Fsp3) is 0.333. The number of carbonyl (C=O) groups excluding carboxylic acids is 2. The highest BCUT2D eigenvalue weighted by molar-refractivity contribution is 6.02. The molecule has 27 heavy (non-hydrogen) atoms. The van der Waals surface area contributed by atoms with Gasteiger partial charge in [0.25, 0.3) is 0 Å². The van der Waals surface area contributed by atoms with Crippen LogP contribution in [0.2, 0.25) is 0 Å². The maximum absolute atomic E-state index is 14.4. The van der Waals surface area contributed by atoms with Gasteiger partial charge in [-0.2, -0.15) is 0 Å². The van der Waals surface area contributed by atoms with Crippen molar-refractivity contribution in [2.75, 3.05) is 18.1 Å². The summed E-state index contributed by atoms with van der Waals surface area (Å²) < 4.78 is 37.9. The van der Waals surface area contributed by atoms with Gasteiger partial charge in [-0.25, -0.2) is 18.4 Å². The molecule has 0 spiro atoms. The van der Waals surface area contributed by atoms with Crippen molar-refractivity contribution >= 4 is 17.6 Å². The first kappa shape index (κ1) is 21.9. The summed E-state index contributed by atoms with van der Waals surface area (Å²) in [5.74, 6) is -5.45. The Hall–Kier alpha value is -3.10. The van der Waals surface area contributed by atoms with Crippen molar-refractivity contribution in [3.63, 3.8) is 0 Å². The van der Waals surface area contributed by atoms with Crippen LogP contribution in [0.3, 0.4) is 0 Å². The lowest BCUT2D eigenvalue weighted by Crippen LogP contribution is -2.35. The third-order valence-electron chi connectivity index (χ3n) is 3.22. The van der Waals surface area contributed by atoms with E-state index in [9.17, 15) is 28.6 Å². The Labute approximate surface area is 155 Å². The van der Waals surface area contributed by atoms with Gasteiger partial charge in [0.1, 0.15) is 23.2 Å². The van der Waals surface area contributed by atoms with Gasteiger partial charge >= 0.3 is 11.9 Å². The number of hydrogen-bond acceptors (Lipinski definition) is 7. The number of ether oxygens (including phenoxy) is 2. The van der Waals surface area contributed by atoms with E-state index in [0.717, 1.165) is 26.0 Å². The highest BCUT2D eigenvalue weighted by atomic mass is 19.1. The first-order valence-electron chi connectivity index (χ1n) is 8.04. The van der Waals surface area contributed by atoms with Gasteiger partial charge in [0, 0.05) is 6.07 Å². The number of nitrogens with zero attached hydrogens (tertiary/aromatic N) is 1. The lowest BCUT2D eigenvalue weighted by atomic mass is 10.2. The zero-order valence-corrected chi connectivity index (χ0v) is 15.4. The van der Waals surface area contributed by atoms with Crippen molar-refractivity contribution in [3.8, 4) is 0 Å². The second kappa shape index (κ2) is 9.56. The molecule has 0 unspecified atom stereocenters. The predicted molar refractivity (Wildman–Crippen MR) is 92.8 cm³/mol. The SMILES string of the molecule is CCOC(=O)/C(=C(/C)O)N(/C(C(=O)OCC)=C(\C)O)c1cc(F)ccc1F. The standard InChI is InChI=1S/C18H21F2NO6/c1-5-26-17(24)15(10(3)22)21(14-9-12(19)7-8-13(14)20)16(11(4)23)18(25)27-6-2/h7-9,22-23H,5-6H2,1-4H3/b15-10+,16-11+. The zero-order chi connectivity index (χ0) is 20.7. The van der Waals surface area contributed by atoms with E-state index in [1.807, 2.05) is 0 Å². The minimum atomic E-state index is -1.12. The lowest BCUT2D eigenvalue weighted by molar-refractivity contribution is -0.139. The highest BCUT2D eigenvalue weighted by Crippen LogP contribution is 2.31. The highest BCUT2D eigenvalue weighted by Gasteiger charge is 2.34. The van der Waals surface area contributed by atoms with E-state index in [2.05, 4.69) is 0 Å². The largest absolute Gasteiger partial charge is 0.510 e. The van der Waals surface area contributed by atoms with Crippen LogP contribution in [-0.2, 0) is 19.1 Å². The summed E-state index contributed by atoms with van der Waals surface area (Å²) in [6.45, 7) is 4.98. The molecule has 0 saturated carbocycles. The molecule has 9 heteroatoms. The third-order valence-corrected chi connectivity index (χ3v) is 3.22. The van der Waals surface area contributed by atoms with E-state index >= 15 is 0 Å². The third kappa shape index (κ3) is 5.19. The molecular weight excluding hydrogens is 364 g/mol. The molecule has 0 amide bonds. The van der Waals surface area contributed by atoms with Crippen molar-refractivity contribution in [2.45, 2.75) is 27.7 Å². The molecule has 2 N–H and O–H groups in total. The van der Waals surface area contributed by atoms with Gasteiger partial charge in [0.15, 0.2) is 11.4 Å². The second-order valence-electron chi connectivity index (χ2n) is 5.24. The molecule has 0 heterocycles. The quantitative estimate of drug-likeness (QED) is 0.421. The van der Waals surface area contributed by atoms with E-state index in [4.69, 9.17) is 9.47 Å². The number of benzene rings is 1. The van der Waals surface area contributed by atoms with Crippen LogP contribution in [0, 0.1) is 11.6 Å². The lowest BCUT2D eigenvalue weighted by Gasteiger charge is -2.28. The van der Waals surface area contributed by atoms with Crippen molar-refractivity contribution in [2.24, 2.45) is 0 Å². The monoisotopic (exact) mass is 385 g/mol. The van der Waals surface area contributed by atoms with Crippen LogP contribution in [0.4, 0.5) is 14.5 Å². The molecule has 0 aliphatic carbocycles. The number of allylic oxidation sites excluding steroid dienone is 2. The molecule has 0 radical (unpaired) electrons. The molecule has 7 nitrogen and oxygen atoms in total. The molecule has 0 aliphatic rings. The maximum atomic E-state index is 14.4. The van der Waals surface area contributed by atoms with Gasteiger partial charge in [-0.05, 0) is 39.8 Å². The summed E-state index contributed by atoms with van der Waals surface area (Å²) in [5.41, 5.74) is -1.97. The number of rotatable bonds is 7. The molecule has 148 valence electrons. The number of esters is 2. The molecule has 0 atom stereocenters.